The van der Waals surface area contributed by atoms with Crippen molar-refractivity contribution in [1.82, 2.24) is 25.6 Å². The van der Waals surface area contributed by atoms with E-state index in [4.69, 9.17) is 11.1 Å². The van der Waals surface area contributed by atoms with Crippen LogP contribution >= 0.6 is 0 Å². The van der Waals surface area contributed by atoms with E-state index in [1.54, 1.807) is 24.5 Å². The van der Waals surface area contributed by atoms with Crippen molar-refractivity contribution in [2.45, 2.75) is 26.2 Å². The van der Waals surface area contributed by atoms with Crippen molar-refractivity contribution in [2.24, 2.45) is 5.92 Å². The Balaban J connectivity index is 1.64. The van der Waals surface area contributed by atoms with Crippen molar-refractivity contribution in [1.29, 1.82) is 5.41 Å². The minimum absolute atomic E-state index is 0.0450. The van der Waals surface area contributed by atoms with Crippen molar-refractivity contribution >= 4 is 33.9 Å². The molecule has 0 unspecified atom stereocenters. The molecule has 0 atom stereocenters. The third-order valence-corrected chi connectivity index (χ3v) is 5.61. The SMILES string of the molecule is C=CN/C=C(\C=C(/C)NC(=O)C1CCC1)c1ccc(N)c(C(=N)c2nc3ccccc3[nH]2)n1. The number of nitrogens with zero attached hydrogens (tertiary/aromatic N) is 2. The van der Waals surface area contributed by atoms with E-state index in [1.807, 2.05) is 37.3 Å². The molecule has 3 aromatic rings. The Labute approximate surface area is 192 Å². The summed E-state index contributed by atoms with van der Waals surface area (Å²) in [6.07, 6.45) is 8.09. The van der Waals surface area contributed by atoms with Gasteiger partial charge in [0.05, 0.1) is 22.4 Å². The second-order valence-electron chi connectivity index (χ2n) is 8.03. The van der Waals surface area contributed by atoms with Gasteiger partial charge in [-0.1, -0.05) is 25.1 Å². The molecule has 0 aliphatic heterocycles. The summed E-state index contributed by atoms with van der Waals surface area (Å²) >= 11 is 0. The molecular formula is C25H27N7O. The van der Waals surface area contributed by atoms with Gasteiger partial charge in [-0.15, -0.1) is 0 Å². The number of nitrogens with one attached hydrogen (secondary N) is 4. The molecule has 0 radical (unpaired) electrons. The second-order valence-corrected chi connectivity index (χ2v) is 8.03. The lowest BCUT2D eigenvalue weighted by atomic mass is 9.85. The van der Waals surface area contributed by atoms with Crippen molar-refractivity contribution in [3.8, 4) is 0 Å². The Kier molecular flexibility index (Phi) is 6.35. The van der Waals surface area contributed by atoms with Gasteiger partial charge in [-0.25, -0.2) is 9.97 Å². The molecule has 0 spiro atoms. The number of nitrogen functional groups attached to an aromatic ring is 1. The minimum Gasteiger partial charge on any atom is -0.397 e. The number of nitrogens with two attached hydrogens (primary N) is 1. The molecular weight excluding hydrogens is 414 g/mol. The normalized spacial score (nSPS) is 14.6. The van der Waals surface area contributed by atoms with Crippen LogP contribution in [0, 0.1) is 11.3 Å². The van der Waals surface area contributed by atoms with E-state index in [1.165, 1.54) is 0 Å². The molecule has 1 amide bonds. The molecule has 1 saturated carbocycles. The van der Waals surface area contributed by atoms with Crippen LogP contribution in [0.15, 0.2) is 67.2 Å². The maximum atomic E-state index is 12.3. The smallest absolute Gasteiger partial charge is 0.227 e. The summed E-state index contributed by atoms with van der Waals surface area (Å²) in [5.41, 5.74) is 10.6. The summed E-state index contributed by atoms with van der Waals surface area (Å²) in [6.45, 7) is 5.52. The van der Waals surface area contributed by atoms with E-state index in [9.17, 15) is 4.79 Å². The molecule has 33 heavy (non-hydrogen) atoms. The predicted molar refractivity (Wildman–Crippen MR) is 131 cm³/mol. The van der Waals surface area contributed by atoms with Crippen LogP contribution < -0.4 is 16.4 Å². The first-order valence-corrected chi connectivity index (χ1v) is 10.8. The van der Waals surface area contributed by atoms with Crippen LogP contribution in [-0.4, -0.2) is 26.6 Å². The topological polar surface area (TPSA) is 133 Å². The lowest BCUT2D eigenvalue weighted by molar-refractivity contribution is -0.126. The van der Waals surface area contributed by atoms with Gasteiger partial charge in [0.1, 0.15) is 11.4 Å². The predicted octanol–water partition coefficient (Wildman–Crippen LogP) is 3.85. The zero-order chi connectivity index (χ0) is 23.4. The largest absolute Gasteiger partial charge is 0.397 e. The van der Waals surface area contributed by atoms with Crippen molar-refractivity contribution in [3.05, 3.63) is 84.4 Å². The van der Waals surface area contributed by atoms with Crippen LogP contribution in [0.3, 0.4) is 0 Å². The molecule has 2 heterocycles. The van der Waals surface area contributed by atoms with Gasteiger partial charge in [-0.2, -0.15) is 0 Å². The first-order chi connectivity index (χ1) is 16.0. The molecule has 6 N–H and O–H groups in total. The van der Waals surface area contributed by atoms with Gasteiger partial charge < -0.3 is 21.4 Å². The maximum absolute atomic E-state index is 12.3. The molecule has 168 valence electrons. The van der Waals surface area contributed by atoms with Gasteiger partial charge >= 0.3 is 0 Å². The molecule has 0 bridgehead atoms. The zero-order valence-electron chi connectivity index (χ0n) is 18.5. The summed E-state index contributed by atoms with van der Waals surface area (Å²) in [7, 11) is 0. The lowest BCUT2D eigenvalue weighted by Crippen LogP contribution is -2.33. The number of H-pyrrole nitrogens is 1. The molecule has 2 aromatic heterocycles. The van der Waals surface area contributed by atoms with Crippen LogP contribution in [0.4, 0.5) is 5.69 Å². The Bertz CT molecular complexity index is 1250. The standard InChI is InChI=1S/C25H27N7O/c1-3-28-14-17(13-15(2)29-25(33)16-7-6-8-16)19-12-11-18(26)23(30-19)22(27)24-31-20-9-4-5-10-21(20)32-24/h3-5,9-14,16,27-28H,1,6-8,26H2,2H3,(H,29,33)(H,31,32)/b15-13+,17-14+,27-22?. The number of benzene rings is 1. The number of fused-ring (bicyclic) bond motifs is 1. The number of pyridine rings is 1. The number of allylic oxidation sites excluding steroid dienone is 3. The number of amides is 1. The van der Waals surface area contributed by atoms with Crippen LogP contribution in [0.5, 0.6) is 0 Å². The molecule has 4 rings (SSSR count). The lowest BCUT2D eigenvalue weighted by Gasteiger charge is -2.24. The number of rotatable bonds is 8. The fourth-order valence-electron chi connectivity index (χ4n) is 3.59. The first-order valence-electron chi connectivity index (χ1n) is 10.8. The number of hydrogen-bond acceptors (Lipinski definition) is 6. The highest BCUT2D eigenvalue weighted by Gasteiger charge is 2.25. The molecule has 1 aliphatic rings. The average molecular weight is 442 g/mol. The third kappa shape index (κ3) is 4.85. The minimum atomic E-state index is 0.0450. The fourth-order valence-corrected chi connectivity index (χ4v) is 3.59. The van der Waals surface area contributed by atoms with Gasteiger partial charge in [0, 0.05) is 23.4 Å². The van der Waals surface area contributed by atoms with Crippen molar-refractivity contribution in [3.63, 3.8) is 0 Å². The maximum Gasteiger partial charge on any atom is 0.227 e. The van der Waals surface area contributed by atoms with Gasteiger partial charge in [0.2, 0.25) is 5.91 Å². The van der Waals surface area contributed by atoms with E-state index >= 15 is 0 Å². The van der Waals surface area contributed by atoms with Gasteiger partial charge in [-0.3, -0.25) is 10.2 Å². The Morgan fingerprint density at radius 1 is 1.24 bits per heavy atom. The van der Waals surface area contributed by atoms with Crippen LogP contribution in [0.2, 0.25) is 0 Å². The van der Waals surface area contributed by atoms with Crippen LogP contribution in [0.1, 0.15) is 43.4 Å². The Morgan fingerprint density at radius 2 is 2.03 bits per heavy atom. The number of carbonyl (C=O) groups excluding carboxylic acids is 1. The van der Waals surface area contributed by atoms with E-state index in [2.05, 4.69) is 32.2 Å². The van der Waals surface area contributed by atoms with E-state index in [-0.39, 0.29) is 17.5 Å². The van der Waals surface area contributed by atoms with Gasteiger partial charge in [-0.05, 0) is 56.3 Å². The highest BCUT2D eigenvalue weighted by atomic mass is 16.1. The molecule has 8 nitrogen and oxygen atoms in total. The number of imidazole rings is 1. The highest BCUT2D eigenvalue weighted by Crippen LogP contribution is 2.27. The summed E-state index contributed by atoms with van der Waals surface area (Å²) in [4.78, 5) is 24.6. The van der Waals surface area contributed by atoms with E-state index < -0.39 is 0 Å². The highest BCUT2D eigenvalue weighted by molar-refractivity contribution is 6.11. The summed E-state index contributed by atoms with van der Waals surface area (Å²) < 4.78 is 0. The number of hydrogen-bond donors (Lipinski definition) is 5. The summed E-state index contributed by atoms with van der Waals surface area (Å²) in [5, 5.41) is 14.6. The number of para-hydroxylation sites is 2. The van der Waals surface area contributed by atoms with Gasteiger partial charge in [0.25, 0.3) is 0 Å². The second kappa shape index (κ2) is 9.52. The molecule has 1 fully saturated rings. The monoisotopic (exact) mass is 441 g/mol. The summed E-state index contributed by atoms with van der Waals surface area (Å²) in [5.74, 6) is 0.531. The Hall–Kier alpha value is -4.20. The quantitative estimate of drug-likeness (QED) is 0.267. The summed E-state index contributed by atoms with van der Waals surface area (Å²) in [6, 6.07) is 11.1. The van der Waals surface area contributed by atoms with Crippen molar-refractivity contribution in [2.75, 3.05) is 5.73 Å². The van der Waals surface area contributed by atoms with E-state index in [0.717, 1.165) is 30.3 Å². The number of anilines is 1. The molecule has 1 aromatic carbocycles. The van der Waals surface area contributed by atoms with E-state index in [0.29, 0.717) is 34.2 Å². The van der Waals surface area contributed by atoms with Crippen molar-refractivity contribution < 1.29 is 4.79 Å². The van der Waals surface area contributed by atoms with Crippen LogP contribution in [-0.2, 0) is 4.79 Å². The number of aromatic nitrogens is 3. The zero-order valence-corrected chi connectivity index (χ0v) is 18.5. The van der Waals surface area contributed by atoms with Gasteiger partial charge in [0.15, 0.2) is 5.82 Å². The fraction of sp³-hybridized carbons (Fsp3) is 0.200. The molecule has 0 saturated heterocycles. The first kappa shape index (κ1) is 22.0. The molecule has 8 heteroatoms. The molecule has 1 aliphatic carbocycles. The Morgan fingerprint density at radius 3 is 2.73 bits per heavy atom. The average Bonchev–Trinajstić information content (AvgIpc) is 3.19. The van der Waals surface area contributed by atoms with Crippen LogP contribution in [0.25, 0.3) is 16.6 Å². The number of aromatic amines is 1. The third-order valence-electron chi connectivity index (χ3n) is 5.61. The number of carbonyl (C=O) groups is 1.